The summed E-state index contributed by atoms with van der Waals surface area (Å²) in [6, 6.07) is 28.6. The van der Waals surface area contributed by atoms with Crippen LogP contribution in [0.5, 0.6) is 0 Å². The SMILES string of the molecule is OCC(Cc1ccc(Cl)cc1)NCc1ccc(CN(CCNCc2ccccn2)CCNCc2ccccn2)cc1. The standard InChI is InChI=1S/C33H41ClN6O/c34-30-13-11-27(12-14-30)21-33(26-41)39-22-28-7-9-29(10-8-28)25-40(19-17-35-23-31-5-1-3-15-37-31)20-18-36-24-32-6-2-4-16-38-32/h1-16,33,35-36,39,41H,17-26H2. The van der Waals surface area contributed by atoms with E-state index in [9.17, 15) is 5.11 Å². The van der Waals surface area contributed by atoms with Gasteiger partial charge in [-0.15, -0.1) is 0 Å². The van der Waals surface area contributed by atoms with Gasteiger partial charge in [0.2, 0.25) is 0 Å². The summed E-state index contributed by atoms with van der Waals surface area (Å²) in [7, 11) is 0. The summed E-state index contributed by atoms with van der Waals surface area (Å²) in [4.78, 5) is 11.3. The van der Waals surface area contributed by atoms with E-state index in [1.807, 2.05) is 73.1 Å². The summed E-state index contributed by atoms with van der Waals surface area (Å²) < 4.78 is 0. The molecule has 0 fully saturated rings. The van der Waals surface area contributed by atoms with Gasteiger partial charge in [-0.05, 0) is 59.5 Å². The average molecular weight is 573 g/mol. The fraction of sp³-hybridized carbons (Fsp3) is 0.333. The number of hydrogen-bond acceptors (Lipinski definition) is 7. The van der Waals surface area contributed by atoms with Crippen molar-refractivity contribution in [2.75, 3.05) is 32.8 Å². The molecule has 216 valence electrons. The van der Waals surface area contributed by atoms with Crippen molar-refractivity contribution in [3.05, 3.63) is 130 Å². The Morgan fingerprint density at radius 1 is 0.683 bits per heavy atom. The van der Waals surface area contributed by atoms with Gasteiger partial charge in [-0.3, -0.25) is 14.9 Å². The molecule has 2 aromatic heterocycles. The minimum atomic E-state index is -0.0106. The maximum absolute atomic E-state index is 9.86. The highest BCUT2D eigenvalue weighted by Crippen LogP contribution is 2.12. The van der Waals surface area contributed by atoms with Crippen LogP contribution in [0.2, 0.25) is 5.02 Å². The number of aromatic nitrogens is 2. The van der Waals surface area contributed by atoms with E-state index in [1.54, 1.807) is 0 Å². The molecule has 1 unspecified atom stereocenters. The van der Waals surface area contributed by atoms with Gasteiger partial charge in [0.05, 0.1) is 18.0 Å². The number of rotatable bonds is 18. The highest BCUT2D eigenvalue weighted by Gasteiger charge is 2.10. The maximum atomic E-state index is 9.86. The van der Waals surface area contributed by atoms with Crippen molar-refractivity contribution in [3.63, 3.8) is 0 Å². The average Bonchev–Trinajstić information content (AvgIpc) is 3.02. The Bertz CT molecular complexity index is 1190. The van der Waals surface area contributed by atoms with E-state index >= 15 is 0 Å². The third kappa shape index (κ3) is 11.7. The first kappa shape index (κ1) is 30.8. The van der Waals surface area contributed by atoms with Crippen LogP contribution in [-0.2, 0) is 32.6 Å². The van der Waals surface area contributed by atoms with Gasteiger partial charge >= 0.3 is 0 Å². The second kappa shape index (κ2) is 17.6. The molecule has 8 heteroatoms. The second-order valence-electron chi connectivity index (χ2n) is 10.2. The largest absolute Gasteiger partial charge is 0.395 e. The first-order valence-corrected chi connectivity index (χ1v) is 14.7. The number of benzene rings is 2. The molecule has 0 radical (unpaired) electrons. The van der Waals surface area contributed by atoms with E-state index in [0.29, 0.717) is 6.54 Å². The second-order valence-corrected chi connectivity index (χ2v) is 10.6. The minimum absolute atomic E-state index is 0.0106. The predicted molar refractivity (Wildman–Crippen MR) is 166 cm³/mol. The lowest BCUT2D eigenvalue weighted by atomic mass is 10.1. The van der Waals surface area contributed by atoms with Gasteiger partial charge in [0.15, 0.2) is 0 Å². The zero-order chi connectivity index (χ0) is 28.5. The van der Waals surface area contributed by atoms with Crippen LogP contribution in [0.15, 0.2) is 97.3 Å². The molecule has 0 spiro atoms. The predicted octanol–water partition coefficient (Wildman–Crippen LogP) is 4.20. The lowest BCUT2D eigenvalue weighted by Crippen LogP contribution is -2.36. The number of pyridine rings is 2. The molecule has 0 saturated heterocycles. The number of aliphatic hydroxyl groups excluding tert-OH is 1. The first-order valence-electron chi connectivity index (χ1n) is 14.3. The molecule has 0 aliphatic carbocycles. The summed E-state index contributed by atoms with van der Waals surface area (Å²) in [6.45, 7) is 6.83. The lowest BCUT2D eigenvalue weighted by Gasteiger charge is -2.23. The van der Waals surface area contributed by atoms with Crippen LogP contribution in [-0.4, -0.2) is 58.8 Å². The number of nitrogens with zero attached hydrogens (tertiary/aromatic N) is 3. The molecule has 1 atom stereocenters. The summed E-state index contributed by atoms with van der Waals surface area (Å²) >= 11 is 6.00. The Morgan fingerprint density at radius 3 is 1.78 bits per heavy atom. The first-order chi connectivity index (χ1) is 20.2. The van der Waals surface area contributed by atoms with Crippen molar-refractivity contribution in [1.29, 1.82) is 0 Å². The number of hydrogen-bond donors (Lipinski definition) is 4. The van der Waals surface area contributed by atoms with Gasteiger partial charge in [0.25, 0.3) is 0 Å². The molecule has 7 nitrogen and oxygen atoms in total. The van der Waals surface area contributed by atoms with Crippen LogP contribution in [0.25, 0.3) is 0 Å². The molecule has 0 amide bonds. The third-order valence-electron chi connectivity index (χ3n) is 6.91. The fourth-order valence-electron chi connectivity index (χ4n) is 4.57. The molecule has 0 saturated carbocycles. The molecule has 4 rings (SSSR count). The maximum Gasteiger partial charge on any atom is 0.0587 e. The zero-order valence-corrected chi connectivity index (χ0v) is 24.3. The van der Waals surface area contributed by atoms with Gasteiger partial charge in [0.1, 0.15) is 0 Å². The van der Waals surface area contributed by atoms with E-state index in [2.05, 4.69) is 55.1 Å². The molecule has 2 heterocycles. The number of nitrogens with one attached hydrogen (secondary N) is 3. The number of aliphatic hydroxyl groups is 1. The molecule has 0 aliphatic heterocycles. The molecule has 0 bridgehead atoms. The van der Waals surface area contributed by atoms with Crippen molar-refractivity contribution < 1.29 is 5.11 Å². The van der Waals surface area contributed by atoms with Crippen LogP contribution < -0.4 is 16.0 Å². The quantitative estimate of drug-likeness (QED) is 0.133. The van der Waals surface area contributed by atoms with E-state index in [0.717, 1.165) is 74.2 Å². The van der Waals surface area contributed by atoms with Crippen molar-refractivity contribution in [1.82, 2.24) is 30.8 Å². The summed E-state index contributed by atoms with van der Waals surface area (Å²) in [6.07, 6.45) is 4.42. The normalized spacial score (nSPS) is 12.1. The smallest absolute Gasteiger partial charge is 0.0587 e. The van der Waals surface area contributed by atoms with E-state index in [1.165, 1.54) is 11.1 Å². The van der Waals surface area contributed by atoms with Gasteiger partial charge in [-0.1, -0.05) is 60.1 Å². The summed E-state index contributed by atoms with van der Waals surface area (Å²) in [5.41, 5.74) is 5.74. The minimum Gasteiger partial charge on any atom is -0.395 e. The molecule has 41 heavy (non-hydrogen) atoms. The highest BCUT2D eigenvalue weighted by molar-refractivity contribution is 6.30. The highest BCUT2D eigenvalue weighted by atomic mass is 35.5. The van der Waals surface area contributed by atoms with E-state index in [4.69, 9.17) is 11.6 Å². The summed E-state index contributed by atoms with van der Waals surface area (Å²) in [5, 5.41) is 21.1. The van der Waals surface area contributed by atoms with Gasteiger partial charge in [0, 0.05) is 75.8 Å². The van der Waals surface area contributed by atoms with Crippen molar-refractivity contribution >= 4 is 11.6 Å². The molecular weight excluding hydrogens is 532 g/mol. The Balaban J connectivity index is 1.25. The van der Waals surface area contributed by atoms with Crippen LogP contribution in [0, 0.1) is 0 Å². The Hall–Kier alpha value is -3.17. The molecule has 0 aliphatic rings. The van der Waals surface area contributed by atoms with Crippen molar-refractivity contribution in [2.45, 2.75) is 38.6 Å². The van der Waals surface area contributed by atoms with Crippen molar-refractivity contribution in [3.8, 4) is 0 Å². The monoisotopic (exact) mass is 572 g/mol. The molecule has 4 aromatic rings. The number of halogens is 1. The molecule has 4 N–H and O–H groups in total. The third-order valence-corrected chi connectivity index (χ3v) is 7.17. The van der Waals surface area contributed by atoms with E-state index in [-0.39, 0.29) is 12.6 Å². The lowest BCUT2D eigenvalue weighted by molar-refractivity contribution is 0.241. The van der Waals surface area contributed by atoms with E-state index < -0.39 is 0 Å². The summed E-state index contributed by atoms with van der Waals surface area (Å²) in [5.74, 6) is 0. The van der Waals surface area contributed by atoms with Crippen LogP contribution in [0.3, 0.4) is 0 Å². The Labute approximate surface area is 249 Å². The Kier molecular flexibility index (Phi) is 13.2. The van der Waals surface area contributed by atoms with Gasteiger partial charge in [-0.25, -0.2) is 0 Å². The van der Waals surface area contributed by atoms with Crippen LogP contribution in [0.4, 0.5) is 0 Å². The fourth-order valence-corrected chi connectivity index (χ4v) is 4.70. The molecule has 2 aromatic carbocycles. The zero-order valence-electron chi connectivity index (χ0n) is 23.6. The Morgan fingerprint density at radius 2 is 1.24 bits per heavy atom. The van der Waals surface area contributed by atoms with Crippen LogP contribution >= 0.6 is 11.6 Å². The van der Waals surface area contributed by atoms with Gasteiger partial charge < -0.3 is 21.1 Å². The molecular formula is C33H41ClN6O. The van der Waals surface area contributed by atoms with Crippen molar-refractivity contribution in [2.24, 2.45) is 0 Å². The van der Waals surface area contributed by atoms with Crippen LogP contribution in [0.1, 0.15) is 28.1 Å². The topological polar surface area (TPSA) is 85.3 Å². The van der Waals surface area contributed by atoms with Gasteiger partial charge in [-0.2, -0.15) is 0 Å².